The number of amides is 2. The minimum Gasteiger partial charge on any atom is -0.379 e. The Kier molecular flexibility index (Phi) is 8.51. The smallest absolute Gasteiger partial charge is 0.243 e. The van der Waals surface area contributed by atoms with Crippen LogP contribution in [0.15, 0.2) is 58.0 Å². The van der Waals surface area contributed by atoms with Crippen molar-refractivity contribution in [1.82, 2.24) is 9.62 Å². The normalized spacial score (nSPS) is 18.7. The summed E-state index contributed by atoms with van der Waals surface area (Å²) in [6.07, 6.45) is -0.0971. The summed E-state index contributed by atoms with van der Waals surface area (Å²) in [4.78, 5) is 25.0. The molecule has 2 aromatic rings. The number of sulfonamides is 1. The Morgan fingerprint density at radius 3 is 2.70 bits per heavy atom. The van der Waals surface area contributed by atoms with Gasteiger partial charge in [0.05, 0.1) is 51.2 Å². The molecule has 9 nitrogen and oxygen atoms in total. The van der Waals surface area contributed by atoms with Crippen molar-refractivity contribution in [2.75, 3.05) is 37.4 Å². The molecule has 2 amide bonds. The van der Waals surface area contributed by atoms with E-state index >= 15 is 0 Å². The molecular weight excluding hydrogens is 543 g/mol. The summed E-state index contributed by atoms with van der Waals surface area (Å²) in [6, 6.07) is 12.0. The lowest BCUT2D eigenvalue weighted by Crippen LogP contribution is -2.40. The largest absolute Gasteiger partial charge is 0.379 e. The molecule has 0 aromatic heterocycles. The fourth-order valence-electron chi connectivity index (χ4n) is 3.98. The number of ether oxygens (including phenoxy) is 1. The fraction of sp³-hybridized carbons (Fsp3) is 0.292. The molecule has 194 valence electrons. The lowest BCUT2D eigenvalue weighted by Gasteiger charge is -2.26. The molecule has 0 radical (unpaired) electrons. The van der Waals surface area contributed by atoms with Crippen molar-refractivity contribution < 1.29 is 27.1 Å². The zero-order chi connectivity index (χ0) is 26.6. The summed E-state index contributed by atoms with van der Waals surface area (Å²) in [5.74, 6) is -2.47. The monoisotopic (exact) mass is 564 g/mol. The Morgan fingerprint density at radius 1 is 1.27 bits per heavy atom. The first-order valence-corrected chi connectivity index (χ1v) is 14.0. The number of morpholine rings is 1. The number of nitrogens with zero attached hydrogens (tertiary/aromatic N) is 2. The first-order chi connectivity index (χ1) is 17.7. The van der Waals surface area contributed by atoms with Crippen LogP contribution in [0.3, 0.4) is 0 Å². The van der Waals surface area contributed by atoms with E-state index in [0.717, 1.165) is 11.8 Å². The summed E-state index contributed by atoms with van der Waals surface area (Å²) in [5.41, 5.74) is 0.480. The number of allylic oxidation sites excluding steroid dienone is 1. The van der Waals surface area contributed by atoms with Crippen LogP contribution in [0.1, 0.15) is 17.9 Å². The molecular formula is C24H22ClFN4O5S2. The predicted molar refractivity (Wildman–Crippen MR) is 137 cm³/mol. The molecule has 0 spiro atoms. The molecule has 37 heavy (non-hydrogen) atoms. The van der Waals surface area contributed by atoms with Crippen LogP contribution >= 0.6 is 23.4 Å². The van der Waals surface area contributed by atoms with Gasteiger partial charge in [-0.3, -0.25) is 9.59 Å². The van der Waals surface area contributed by atoms with Crippen LogP contribution in [-0.4, -0.2) is 56.6 Å². The maximum Gasteiger partial charge on any atom is 0.243 e. The second kappa shape index (κ2) is 11.6. The first kappa shape index (κ1) is 27.1. The van der Waals surface area contributed by atoms with Crippen LogP contribution in [0.4, 0.5) is 10.1 Å². The number of hydrogen-bond donors (Lipinski definition) is 2. The average Bonchev–Trinajstić information content (AvgIpc) is 2.89. The minimum atomic E-state index is -3.80. The van der Waals surface area contributed by atoms with Gasteiger partial charge in [-0.15, -0.1) is 0 Å². The van der Waals surface area contributed by atoms with Gasteiger partial charge in [0, 0.05) is 25.4 Å². The van der Waals surface area contributed by atoms with Crippen molar-refractivity contribution in [3.8, 4) is 6.07 Å². The van der Waals surface area contributed by atoms with Crippen molar-refractivity contribution in [1.29, 1.82) is 5.26 Å². The van der Waals surface area contributed by atoms with Crippen LogP contribution < -0.4 is 10.6 Å². The Hall–Kier alpha value is -2.95. The van der Waals surface area contributed by atoms with Crippen molar-refractivity contribution >= 4 is 50.9 Å². The Morgan fingerprint density at radius 2 is 2.00 bits per heavy atom. The molecule has 2 aliphatic rings. The fourth-order valence-corrected chi connectivity index (χ4v) is 6.45. The molecule has 1 saturated heterocycles. The van der Waals surface area contributed by atoms with Gasteiger partial charge in [-0.25, -0.2) is 12.8 Å². The van der Waals surface area contributed by atoms with E-state index in [-0.39, 0.29) is 57.0 Å². The molecule has 0 saturated carbocycles. The number of carbonyl (C=O) groups is 2. The van der Waals surface area contributed by atoms with Gasteiger partial charge in [0.25, 0.3) is 0 Å². The second-order valence-corrected chi connectivity index (χ2v) is 11.5. The minimum absolute atomic E-state index is 0.0245. The van der Waals surface area contributed by atoms with E-state index in [4.69, 9.17) is 16.3 Å². The standard InChI is InChI=1S/C24H22ClFN4O5S2/c25-19-6-5-15(37(33,34)30-7-9-35-10-8-30)11-21(19)28-23(32)14-36-24-18(13-27)17(12-22(31)29-24)16-3-1-2-4-20(16)26/h1-6,11,17H,7-10,12,14H2,(H,28,32)(H,29,31). The number of nitrogens with one attached hydrogen (secondary N) is 2. The van der Waals surface area contributed by atoms with E-state index in [0.29, 0.717) is 13.2 Å². The zero-order valence-electron chi connectivity index (χ0n) is 19.4. The molecule has 2 heterocycles. The van der Waals surface area contributed by atoms with Crippen molar-refractivity contribution in [2.24, 2.45) is 0 Å². The highest BCUT2D eigenvalue weighted by Gasteiger charge is 2.32. The van der Waals surface area contributed by atoms with E-state index in [9.17, 15) is 27.7 Å². The lowest BCUT2D eigenvalue weighted by atomic mass is 9.87. The van der Waals surface area contributed by atoms with Crippen LogP contribution in [0.5, 0.6) is 0 Å². The number of benzene rings is 2. The third-order valence-electron chi connectivity index (χ3n) is 5.80. The number of thioether (sulfide) groups is 1. The average molecular weight is 565 g/mol. The van der Waals surface area contributed by atoms with Crippen molar-refractivity contribution in [3.05, 3.63) is 69.5 Å². The third kappa shape index (κ3) is 6.14. The second-order valence-electron chi connectivity index (χ2n) is 8.18. The van der Waals surface area contributed by atoms with E-state index in [2.05, 4.69) is 10.6 Å². The third-order valence-corrected chi connectivity index (χ3v) is 9.05. The van der Waals surface area contributed by atoms with Crippen LogP contribution in [0.25, 0.3) is 0 Å². The van der Waals surface area contributed by atoms with Gasteiger partial charge < -0.3 is 15.4 Å². The van der Waals surface area contributed by atoms with Gasteiger partial charge >= 0.3 is 0 Å². The Balaban J connectivity index is 1.49. The van der Waals surface area contributed by atoms with Gasteiger partial charge in [-0.05, 0) is 29.8 Å². The molecule has 2 N–H and O–H groups in total. The number of anilines is 1. The Labute approximate surface area is 222 Å². The van der Waals surface area contributed by atoms with E-state index in [1.54, 1.807) is 6.07 Å². The predicted octanol–water partition coefficient (Wildman–Crippen LogP) is 3.21. The summed E-state index contributed by atoms with van der Waals surface area (Å²) in [5, 5.41) is 15.2. The summed E-state index contributed by atoms with van der Waals surface area (Å²) >= 11 is 7.11. The highest BCUT2D eigenvalue weighted by Crippen LogP contribution is 2.37. The molecule has 0 bridgehead atoms. The van der Waals surface area contributed by atoms with Gasteiger partial charge in [0.2, 0.25) is 21.8 Å². The van der Waals surface area contributed by atoms with Crippen LogP contribution in [0.2, 0.25) is 5.02 Å². The van der Waals surface area contributed by atoms with Crippen molar-refractivity contribution in [3.63, 3.8) is 0 Å². The number of halogens is 2. The van der Waals surface area contributed by atoms with Gasteiger partial charge in [0.15, 0.2) is 0 Å². The van der Waals surface area contributed by atoms with E-state index in [1.807, 2.05) is 6.07 Å². The van der Waals surface area contributed by atoms with Gasteiger partial charge in [0.1, 0.15) is 5.82 Å². The number of nitriles is 1. The summed E-state index contributed by atoms with van der Waals surface area (Å²) < 4.78 is 46.8. The van der Waals surface area contributed by atoms with Crippen LogP contribution in [0, 0.1) is 17.1 Å². The molecule has 13 heteroatoms. The molecule has 1 fully saturated rings. The maximum atomic E-state index is 14.4. The lowest BCUT2D eigenvalue weighted by molar-refractivity contribution is -0.121. The number of rotatable bonds is 7. The quantitative estimate of drug-likeness (QED) is 0.528. The van der Waals surface area contributed by atoms with Crippen LogP contribution in [-0.2, 0) is 24.3 Å². The highest BCUT2D eigenvalue weighted by molar-refractivity contribution is 8.03. The number of hydrogen-bond acceptors (Lipinski definition) is 7. The molecule has 1 atom stereocenters. The SMILES string of the molecule is N#CC1=C(SCC(=O)Nc2cc(S(=O)(=O)N3CCOCC3)ccc2Cl)NC(=O)CC1c1ccccc1F. The summed E-state index contributed by atoms with van der Waals surface area (Å²) in [7, 11) is -3.80. The molecule has 4 rings (SSSR count). The van der Waals surface area contributed by atoms with E-state index < -0.39 is 33.6 Å². The molecule has 0 aliphatic carbocycles. The van der Waals surface area contributed by atoms with Gasteiger partial charge in [-0.1, -0.05) is 41.6 Å². The molecule has 2 aliphatic heterocycles. The highest BCUT2D eigenvalue weighted by atomic mass is 35.5. The maximum absolute atomic E-state index is 14.4. The zero-order valence-corrected chi connectivity index (χ0v) is 21.8. The Bertz CT molecular complexity index is 1400. The van der Waals surface area contributed by atoms with E-state index in [1.165, 1.54) is 40.7 Å². The summed E-state index contributed by atoms with van der Waals surface area (Å²) in [6.45, 7) is 1.03. The first-order valence-electron chi connectivity index (χ1n) is 11.2. The molecule has 1 unspecified atom stereocenters. The number of carbonyl (C=O) groups excluding carboxylic acids is 2. The van der Waals surface area contributed by atoms with Crippen molar-refractivity contribution in [2.45, 2.75) is 17.2 Å². The van der Waals surface area contributed by atoms with Gasteiger partial charge in [-0.2, -0.15) is 9.57 Å². The topological polar surface area (TPSA) is 129 Å². The molecule has 2 aromatic carbocycles.